The lowest BCUT2D eigenvalue weighted by atomic mass is 9.82. The van der Waals surface area contributed by atoms with Gasteiger partial charge in [-0.3, -0.25) is 19.2 Å². The van der Waals surface area contributed by atoms with Gasteiger partial charge in [-0.05, 0) is 113 Å². The van der Waals surface area contributed by atoms with Gasteiger partial charge in [0.2, 0.25) is 0 Å². The zero-order chi connectivity index (χ0) is 45.1. The second-order valence-corrected chi connectivity index (χ2v) is 16.6. The van der Waals surface area contributed by atoms with Gasteiger partial charge in [0.25, 0.3) is 0 Å². The Labute approximate surface area is 385 Å². The molecule has 312 valence electrons. The summed E-state index contributed by atoms with van der Waals surface area (Å²) in [6.07, 6.45) is 0. The Morgan fingerprint density at radius 2 is 0.615 bits per heavy atom. The molecular weight excluding hydrogens is 865 g/mol. The van der Waals surface area contributed by atoms with Crippen molar-refractivity contribution in [3.05, 3.63) is 225 Å². The van der Waals surface area contributed by atoms with Crippen molar-refractivity contribution in [2.45, 2.75) is 27.7 Å². The Balaban J connectivity index is 0.000000143. The SMILES string of the molecule is CC.CC.O=C1c2ccccc2C(=O)c2cc(-c3cc4ccccc4c4ccccc34)c(Br)cc21.O=C1c2ccccc2C(=O)c2cc3c(cc21)-c1cccc2c1c-3cc1ccccc12. The van der Waals surface area contributed by atoms with Crippen molar-refractivity contribution in [2.75, 3.05) is 0 Å². The monoisotopic (exact) mass is 904 g/mol. The summed E-state index contributed by atoms with van der Waals surface area (Å²) in [4.78, 5) is 52.8. The summed E-state index contributed by atoms with van der Waals surface area (Å²) in [5.41, 5.74) is 10.1. The first-order chi connectivity index (χ1) is 31.9. The summed E-state index contributed by atoms with van der Waals surface area (Å²) in [6, 6.07) is 57.4. The Kier molecular flexibility index (Phi) is 10.5. The van der Waals surface area contributed by atoms with Crippen molar-refractivity contribution in [3.63, 3.8) is 0 Å². The average molecular weight is 906 g/mol. The Hall–Kier alpha value is -7.60. The molecular formula is C60H41BrO4. The Bertz CT molecular complexity index is 3690. The lowest BCUT2D eigenvalue weighted by Gasteiger charge is -2.20. The van der Waals surface area contributed by atoms with Crippen molar-refractivity contribution in [3.8, 4) is 33.4 Å². The summed E-state index contributed by atoms with van der Waals surface area (Å²) in [6.45, 7) is 8.00. The molecule has 3 aliphatic rings. The molecule has 0 spiro atoms. The number of halogens is 1. The topological polar surface area (TPSA) is 68.3 Å². The molecule has 0 unspecified atom stereocenters. The summed E-state index contributed by atoms with van der Waals surface area (Å²) >= 11 is 3.69. The third-order valence-electron chi connectivity index (χ3n) is 12.6. The van der Waals surface area contributed by atoms with Crippen LogP contribution in [-0.2, 0) is 0 Å². The number of hydrogen-bond donors (Lipinski definition) is 0. The van der Waals surface area contributed by atoms with E-state index in [0.29, 0.717) is 44.5 Å². The number of hydrogen-bond acceptors (Lipinski definition) is 4. The van der Waals surface area contributed by atoms with Crippen LogP contribution in [0.15, 0.2) is 180 Å². The predicted octanol–water partition coefficient (Wildman–Crippen LogP) is 15.7. The van der Waals surface area contributed by atoms with E-state index in [9.17, 15) is 19.2 Å². The molecule has 0 amide bonds. The van der Waals surface area contributed by atoms with Gasteiger partial charge in [-0.2, -0.15) is 0 Å². The third-order valence-corrected chi connectivity index (χ3v) is 13.3. The second-order valence-electron chi connectivity index (χ2n) is 15.8. The van der Waals surface area contributed by atoms with E-state index in [0.717, 1.165) is 54.0 Å². The van der Waals surface area contributed by atoms with Crippen LogP contribution in [0, 0.1) is 0 Å². The first kappa shape index (κ1) is 41.4. The Morgan fingerprint density at radius 3 is 1.14 bits per heavy atom. The molecule has 0 saturated heterocycles. The minimum atomic E-state index is -0.110. The van der Waals surface area contributed by atoms with Crippen molar-refractivity contribution in [1.29, 1.82) is 0 Å². The molecule has 0 aromatic heterocycles. The average Bonchev–Trinajstić information content (AvgIpc) is 3.68. The van der Waals surface area contributed by atoms with Crippen molar-refractivity contribution in [1.82, 2.24) is 0 Å². The second kappa shape index (κ2) is 16.5. The van der Waals surface area contributed by atoms with Gasteiger partial charge in [0.1, 0.15) is 0 Å². The van der Waals surface area contributed by atoms with E-state index in [1.54, 1.807) is 42.5 Å². The van der Waals surface area contributed by atoms with E-state index in [1.165, 1.54) is 26.9 Å². The molecule has 0 N–H and O–H groups in total. The van der Waals surface area contributed by atoms with E-state index < -0.39 is 0 Å². The van der Waals surface area contributed by atoms with Gasteiger partial charge in [-0.15, -0.1) is 0 Å². The van der Waals surface area contributed by atoms with Crippen LogP contribution in [0.1, 0.15) is 91.4 Å². The molecule has 0 atom stereocenters. The zero-order valence-electron chi connectivity index (χ0n) is 36.3. The molecule has 0 heterocycles. The fourth-order valence-corrected chi connectivity index (χ4v) is 10.3. The highest BCUT2D eigenvalue weighted by molar-refractivity contribution is 9.10. The lowest BCUT2D eigenvalue weighted by molar-refractivity contribution is 0.0979. The molecule has 4 nitrogen and oxygen atoms in total. The van der Waals surface area contributed by atoms with E-state index in [4.69, 9.17) is 0 Å². The van der Waals surface area contributed by atoms with E-state index >= 15 is 0 Å². The maximum Gasteiger partial charge on any atom is 0.194 e. The van der Waals surface area contributed by atoms with Crippen LogP contribution in [0.25, 0.3) is 76.5 Å². The van der Waals surface area contributed by atoms with Crippen LogP contribution in [0.4, 0.5) is 0 Å². The highest BCUT2D eigenvalue weighted by atomic mass is 79.9. The smallest absolute Gasteiger partial charge is 0.194 e. The molecule has 3 aliphatic carbocycles. The van der Waals surface area contributed by atoms with Gasteiger partial charge in [0.15, 0.2) is 23.1 Å². The maximum atomic E-state index is 13.3. The number of carbonyl (C=O) groups is 4. The Morgan fingerprint density at radius 1 is 0.262 bits per heavy atom. The number of carbonyl (C=O) groups excluding carboxylic acids is 4. The number of rotatable bonds is 1. The van der Waals surface area contributed by atoms with E-state index in [1.807, 2.05) is 88.4 Å². The molecule has 5 heteroatoms. The quantitative estimate of drug-likeness (QED) is 0.154. The van der Waals surface area contributed by atoms with Crippen molar-refractivity contribution in [2.24, 2.45) is 0 Å². The molecule has 0 aliphatic heterocycles. The highest BCUT2D eigenvalue weighted by Gasteiger charge is 2.34. The molecule has 13 rings (SSSR count). The normalized spacial score (nSPS) is 12.5. The van der Waals surface area contributed by atoms with Crippen LogP contribution in [0.2, 0.25) is 0 Å². The lowest BCUT2D eigenvalue weighted by Crippen LogP contribution is -2.21. The van der Waals surface area contributed by atoms with Gasteiger partial charge >= 0.3 is 0 Å². The van der Waals surface area contributed by atoms with Gasteiger partial charge < -0.3 is 0 Å². The minimum absolute atomic E-state index is 0.0729. The molecule has 10 aromatic rings. The zero-order valence-corrected chi connectivity index (χ0v) is 37.8. The van der Waals surface area contributed by atoms with Crippen molar-refractivity contribution >= 4 is 82.2 Å². The van der Waals surface area contributed by atoms with Gasteiger partial charge in [-0.25, -0.2) is 0 Å². The molecule has 0 radical (unpaired) electrons. The number of fused-ring (bicyclic) bond motifs is 12. The van der Waals surface area contributed by atoms with E-state index in [-0.39, 0.29) is 23.1 Å². The summed E-state index contributed by atoms with van der Waals surface area (Å²) in [5.74, 6) is -0.364. The highest BCUT2D eigenvalue weighted by Crippen LogP contribution is 2.51. The molecule has 0 bridgehead atoms. The van der Waals surface area contributed by atoms with Gasteiger partial charge in [0.05, 0.1) is 0 Å². The van der Waals surface area contributed by atoms with Gasteiger partial charge in [-0.1, -0.05) is 183 Å². The molecule has 0 saturated carbocycles. The summed E-state index contributed by atoms with van der Waals surface area (Å²) in [7, 11) is 0. The minimum Gasteiger partial charge on any atom is -0.289 e. The van der Waals surface area contributed by atoms with Crippen LogP contribution in [0.5, 0.6) is 0 Å². The maximum absolute atomic E-state index is 13.3. The first-order valence-corrected chi connectivity index (χ1v) is 22.9. The largest absolute Gasteiger partial charge is 0.289 e. The third kappa shape index (κ3) is 6.41. The van der Waals surface area contributed by atoms with Crippen molar-refractivity contribution < 1.29 is 19.2 Å². The van der Waals surface area contributed by atoms with Crippen LogP contribution in [-0.4, -0.2) is 23.1 Å². The first-order valence-electron chi connectivity index (χ1n) is 22.1. The van der Waals surface area contributed by atoms with Crippen LogP contribution < -0.4 is 0 Å². The van der Waals surface area contributed by atoms with Gasteiger partial charge in [0, 0.05) is 49.0 Å². The molecule has 10 aromatic carbocycles. The number of benzene rings is 10. The predicted molar refractivity (Wildman–Crippen MR) is 270 cm³/mol. The molecule has 65 heavy (non-hydrogen) atoms. The molecule has 0 fully saturated rings. The standard InChI is InChI=1S/C28H15BrO2.C28H14O2.2C2H6/c29-26-15-25-24(27(30)20-11-5-6-12-21(20)28(25)31)14-23(26)22-13-16-7-1-2-8-17(16)18-9-3-4-10-19(18)22;29-27-19-8-3-4-9-20(19)28(30)25-14-22-21(13-24(25)27)18-11-5-10-17-16-7-2-1-6-15(16)12-23(22)26(17)18;2*1-2/h1-15H;1-14H;2*1-2H3. The van der Waals surface area contributed by atoms with Crippen LogP contribution >= 0.6 is 15.9 Å². The van der Waals surface area contributed by atoms with Crippen LogP contribution in [0.3, 0.4) is 0 Å². The fraction of sp³-hybridized carbons (Fsp3) is 0.0667. The number of ketones is 4. The summed E-state index contributed by atoms with van der Waals surface area (Å²) in [5, 5.41) is 9.39. The fourth-order valence-electron chi connectivity index (χ4n) is 9.79. The summed E-state index contributed by atoms with van der Waals surface area (Å²) < 4.78 is 0.798. The van der Waals surface area contributed by atoms with E-state index in [2.05, 4.69) is 88.7 Å².